The Balaban J connectivity index is 2.12. The Bertz CT molecular complexity index is 402. The Morgan fingerprint density at radius 1 is 1.50 bits per heavy atom. The SMILES string of the molecule is N[C@@H]1CCN(Cc2cc(O)cc(Cl)c2)C1=O. The third-order valence-corrected chi connectivity index (χ3v) is 2.87. The van der Waals surface area contributed by atoms with E-state index in [0.29, 0.717) is 24.5 Å². The molecule has 1 aromatic rings. The third kappa shape index (κ3) is 2.28. The topological polar surface area (TPSA) is 66.6 Å². The number of phenols is 1. The van der Waals surface area contributed by atoms with Crippen LogP contribution >= 0.6 is 11.6 Å². The fourth-order valence-electron chi connectivity index (χ4n) is 1.87. The van der Waals surface area contributed by atoms with Crippen molar-refractivity contribution in [2.45, 2.75) is 19.0 Å². The minimum atomic E-state index is -0.382. The molecule has 0 unspecified atom stereocenters. The van der Waals surface area contributed by atoms with Gasteiger partial charge in [-0.3, -0.25) is 4.79 Å². The Kier molecular flexibility index (Phi) is 3.03. The molecular formula is C11H13ClN2O2. The van der Waals surface area contributed by atoms with E-state index in [1.54, 1.807) is 17.0 Å². The second-order valence-corrected chi connectivity index (χ2v) is 4.41. The van der Waals surface area contributed by atoms with Gasteiger partial charge in [0, 0.05) is 18.1 Å². The molecule has 1 aliphatic heterocycles. The number of hydrogen-bond acceptors (Lipinski definition) is 3. The summed E-state index contributed by atoms with van der Waals surface area (Å²) in [5, 5.41) is 9.84. The van der Waals surface area contributed by atoms with Gasteiger partial charge < -0.3 is 15.7 Å². The zero-order valence-corrected chi connectivity index (χ0v) is 9.44. The number of benzene rings is 1. The number of nitrogens with zero attached hydrogens (tertiary/aromatic N) is 1. The zero-order chi connectivity index (χ0) is 11.7. The summed E-state index contributed by atoms with van der Waals surface area (Å²) in [6.07, 6.45) is 0.686. The molecule has 1 aromatic carbocycles. The molecular weight excluding hydrogens is 228 g/mol. The van der Waals surface area contributed by atoms with Crippen molar-refractivity contribution < 1.29 is 9.90 Å². The van der Waals surface area contributed by atoms with Gasteiger partial charge in [-0.05, 0) is 30.2 Å². The summed E-state index contributed by atoms with van der Waals surface area (Å²) >= 11 is 5.81. The highest BCUT2D eigenvalue weighted by Crippen LogP contribution is 2.22. The first-order valence-corrected chi connectivity index (χ1v) is 5.47. The number of halogens is 1. The fraction of sp³-hybridized carbons (Fsp3) is 0.364. The van der Waals surface area contributed by atoms with E-state index in [9.17, 15) is 9.90 Å². The van der Waals surface area contributed by atoms with Crippen molar-refractivity contribution in [3.63, 3.8) is 0 Å². The number of carbonyl (C=O) groups is 1. The Morgan fingerprint density at radius 3 is 2.81 bits per heavy atom. The maximum Gasteiger partial charge on any atom is 0.239 e. The number of amides is 1. The summed E-state index contributed by atoms with van der Waals surface area (Å²) in [5.74, 6) is 0.0675. The molecule has 2 rings (SSSR count). The number of hydrogen-bond donors (Lipinski definition) is 2. The predicted molar refractivity (Wildman–Crippen MR) is 61.1 cm³/mol. The Labute approximate surface area is 98.6 Å². The van der Waals surface area contributed by atoms with Crippen molar-refractivity contribution in [2.24, 2.45) is 5.73 Å². The normalized spacial score (nSPS) is 20.5. The molecule has 0 spiro atoms. The predicted octanol–water partition coefficient (Wildman–Crippen LogP) is 1.11. The van der Waals surface area contributed by atoms with Crippen molar-refractivity contribution in [3.05, 3.63) is 28.8 Å². The molecule has 0 aliphatic carbocycles. The van der Waals surface area contributed by atoms with Gasteiger partial charge in [-0.25, -0.2) is 0 Å². The van der Waals surface area contributed by atoms with E-state index in [1.165, 1.54) is 6.07 Å². The monoisotopic (exact) mass is 240 g/mol. The molecule has 0 bridgehead atoms. The van der Waals surface area contributed by atoms with Crippen LogP contribution < -0.4 is 5.73 Å². The third-order valence-electron chi connectivity index (χ3n) is 2.65. The minimum Gasteiger partial charge on any atom is -0.508 e. The first kappa shape index (κ1) is 11.2. The van der Waals surface area contributed by atoms with Gasteiger partial charge in [0.15, 0.2) is 0 Å². The number of phenolic OH excluding ortho intramolecular Hbond substituents is 1. The van der Waals surface area contributed by atoms with Crippen LogP contribution in [0.4, 0.5) is 0 Å². The van der Waals surface area contributed by atoms with Crippen molar-refractivity contribution in [1.82, 2.24) is 4.90 Å². The summed E-state index contributed by atoms with van der Waals surface area (Å²) in [5.41, 5.74) is 6.43. The largest absolute Gasteiger partial charge is 0.508 e. The fourth-order valence-corrected chi connectivity index (χ4v) is 2.12. The molecule has 1 heterocycles. The number of nitrogens with two attached hydrogens (primary N) is 1. The smallest absolute Gasteiger partial charge is 0.239 e. The second-order valence-electron chi connectivity index (χ2n) is 3.97. The highest BCUT2D eigenvalue weighted by atomic mass is 35.5. The van der Waals surface area contributed by atoms with E-state index >= 15 is 0 Å². The summed E-state index contributed by atoms with van der Waals surface area (Å²) in [6.45, 7) is 1.11. The maximum atomic E-state index is 11.6. The summed E-state index contributed by atoms with van der Waals surface area (Å²) in [4.78, 5) is 13.3. The van der Waals surface area contributed by atoms with E-state index in [0.717, 1.165) is 5.56 Å². The lowest BCUT2D eigenvalue weighted by molar-refractivity contribution is -0.129. The van der Waals surface area contributed by atoms with Crippen LogP contribution in [0.15, 0.2) is 18.2 Å². The Hall–Kier alpha value is -1.26. The van der Waals surface area contributed by atoms with Crippen molar-refractivity contribution in [2.75, 3.05) is 6.54 Å². The van der Waals surface area contributed by atoms with E-state index in [2.05, 4.69) is 0 Å². The maximum absolute atomic E-state index is 11.6. The van der Waals surface area contributed by atoms with Gasteiger partial charge in [-0.15, -0.1) is 0 Å². The first-order valence-electron chi connectivity index (χ1n) is 5.09. The number of aromatic hydroxyl groups is 1. The molecule has 4 nitrogen and oxygen atoms in total. The van der Waals surface area contributed by atoms with Crippen LogP contribution in [0, 0.1) is 0 Å². The summed E-state index contributed by atoms with van der Waals surface area (Å²) in [7, 11) is 0. The van der Waals surface area contributed by atoms with E-state index in [-0.39, 0.29) is 17.7 Å². The lowest BCUT2D eigenvalue weighted by Crippen LogP contribution is -2.33. The van der Waals surface area contributed by atoms with Gasteiger partial charge in [0.1, 0.15) is 5.75 Å². The van der Waals surface area contributed by atoms with Crippen molar-refractivity contribution >= 4 is 17.5 Å². The molecule has 1 aliphatic rings. The van der Waals surface area contributed by atoms with Crippen LogP contribution in [0.25, 0.3) is 0 Å². The van der Waals surface area contributed by atoms with Crippen LogP contribution in [-0.4, -0.2) is 28.5 Å². The number of likely N-dealkylation sites (tertiary alicyclic amines) is 1. The van der Waals surface area contributed by atoms with Gasteiger partial charge in [0.05, 0.1) is 6.04 Å². The molecule has 1 fully saturated rings. The van der Waals surface area contributed by atoms with Gasteiger partial charge >= 0.3 is 0 Å². The quantitative estimate of drug-likeness (QED) is 0.814. The van der Waals surface area contributed by atoms with Gasteiger partial charge in [0.2, 0.25) is 5.91 Å². The number of rotatable bonds is 2. The van der Waals surface area contributed by atoms with Crippen LogP contribution in [0.1, 0.15) is 12.0 Å². The average Bonchev–Trinajstić information content (AvgIpc) is 2.48. The standard InChI is InChI=1S/C11H13ClN2O2/c12-8-3-7(4-9(15)5-8)6-14-2-1-10(13)11(14)16/h3-5,10,15H,1-2,6,13H2/t10-/m1/s1. The second kappa shape index (κ2) is 4.31. The van der Waals surface area contributed by atoms with Crippen LogP contribution in [-0.2, 0) is 11.3 Å². The first-order chi connectivity index (χ1) is 7.56. The van der Waals surface area contributed by atoms with Crippen LogP contribution in [0.3, 0.4) is 0 Å². The van der Waals surface area contributed by atoms with E-state index in [4.69, 9.17) is 17.3 Å². The zero-order valence-electron chi connectivity index (χ0n) is 8.69. The Morgan fingerprint density at radius 2 is 2.25 bits per heavy atom. The van der Waals surface area contributed by atoms with Gasteiger partial charge in [-0.2, -0.15) is 0 Å². The van der Waals surface area contributed by atoms with Crippen molar-refractivity contribution in [1.29, 1.82) is 0 Å². The molecule has 16 heavy (non-hydrogen) atoms. The van der Waals surface area contributed by atoms with Crippen molar-refractivity contribution in [3.8, 4) is 5.75 Å². The summed E-state index contributed by atoms with van der Waals surface area (Å²) < 4.78 is 0. The van der Waals surface area contributed by atoms with E-state index < -0.39 is 0 Å². The minimum absolute atomic E-state index is 0.0422. The van der Waals surface area contributed by atoms with Gasteiger partial charge in [0.25, 0.3) is 0 Å². The lowest BCUT2D eigenvalue weighted by atomic mass is 10.2. The molecule has 1 amide bonds. The number of carbonyl (C=O) groups excluding carboxylic acids is 1. The average molecular weight is 241 g/mol. The molecule has 1 atom stereocenters. The van der Waals surface area contributed by atoms with E-state index in [1.807, 2.05) is 0 Å². The van der Waals surface area contributed by atoms with Gasteiger partial charge in [-0.1, -0.05) is 11.6 Å². The summed E-state index contributed by atoms with van der Waals surface area (Å²) in [6, 6.07) is 4.41. The highest BCUT2D eigenvalue weighted by Gasteiger charge is 2.28. The molecule has 3 N–H and O–H groups in total. The van der Waals surface area contributed by atoms with Crippen LogP contribution in [0.5, 0.6) is 5.75 Å². The van der Waals surface area contributed by atoms with Crippen LogP contribution in [0.2, 0.25) is 5.02 Å². The highest BCUT2D eigenvalue weighted by molar-refractivity contribution is 6.30. The lowest BCUT2D eigenvalue weighted by Gasteiger charge is -2.16. The molecule has 0 aromatic heterocycles. The molecule has 1 saturated heterocycles. The molecule has 0 radical (unpaired) electrons. The molecule has 0 saturated carbocycles. The molecule has 5 heteroatoms. The molecule has 86 valence electrons.